The molecule has 0 aliphatic carbocycles. The van der Waals surface area contributed by atoms with Crippen molar-refractivity contribution in [2.45, 2.75) is 41.9 Å². The van der Waals surface area contributed by atoms with Gasteiger partial charge in [0.2, 0.25) is 5.91 Å². The van der Waals surface area contributed by atoms with Gasteiger partial charge in [0.25, 0.3) is 15.7 Å². The number of methoxy groups -OCH3 is 2. The van der Waals surface area contributed by atoms with E-state index in [1.54, 1.807) is 60.7 Å². The fraction of sp³-hybridized carbons (Fsp3) is 0.258. The normalized spacial score (nSPS) is 13.2. The van der Waals surface area contributed by atoms with Gasteiger partial charge >= 0.3 is 18.2 Å². The summed E-state index contributed by atoms with van der Waals surface area (Å²) < 4.78 is 79.5. The van der Waals surface area contributed by atoms with E-state index in [-0.39, 0.29) is 0 Å². The molecule has 256 valence electrons. The van der Waals surface area contributed by atoms with Crippen molar-refractivity contribution in [3.8, 4) is 0 Å². The van der Waals surface area contributed by atoms with Gasteiger partial charge in [0, 0.05) is 18.1 Å². The number of benzene rings is 3. The van der Waals surface area contributed by atoms with Crippen LogP contribution in [0.25, 0.3) is 0 Å². The number of alkyl carbamates (subject to hydrolysis) is 1. The topological polar surface area (TPSA) is 183 Å². The molecular formula is C31H31F3N4O9S. The van der Waals surface area contributed by atoms with Gasteiger partial charge in [-0.05, 0) is 36.1 Å². The van der Waals surface area contributed by atoms with Gasteiger partial charge in [0.05, 0.1) is 24.0 Å². The maximum Gasteiger partial charge on any atom is 0.408 e. The number of rotatable bonds is 14. The van der Waals surface area contributed by atoms with Gasteiger partial charge in [-0.25, -0.2) is 18.0 Å². The SMILES string of the molecule is COC(=O)N[C@H](C(=O)N[C@H](CCC=C(NS(=O)(=O)c1ccc([N+](=O)[O-])cc1)C(=O)OC)C(F)(F)F)C(c1ccccc1)c1ccccc1. The Morgan fingerprint density at radius 1 is 0.875 bits per heavy atom. The van der Waals surface area contributed by atoms with Crippen LogP contribution < -0.4 is 15.4 Å². The third kappa shape index (κ3) is 10.0. The van der Waals surface area contributed by atoms with E-state index < -0.39 is 86.2 Å². The number of carbonyl (C=O) groups excluding carboxylic acids is 3. The molecule has 17 heteroatoms. The summed E-state index contributed by atoms with van der Waals surface area (Å²) in [7, 11) is -2.58. The maximum absolute atomic E-state index is 14.3. The first-order valence-corrected chi connectivity index (χ1v) is 15.5. The molecule has 0 unspecified atom stereocenters. The first-order valence-electron chi connectivity index (χ1n) is 14.0. The van der Waals surface area contributed by atoms with Crippen molar-refractivity contribution in [3.05, 3.63) is 118 Å². The third-order valence-electron chi connectivity index (χ3n) is 6.91. The Morgan fingerprint density at radius 2 is 1.42 bits per heavy atom. The number of nitrogens with zero attached hydrogens (tertiary/aromatic N) is 1. The summed E-state index contributed by atoms with van der Waals surface area (Å²) in [5.41, 5.74) is -0.119. The molecule has 0 heterocycles. The third-order valence-corrected chi connectivity index (χ3v) is 8.30. The van der Waals surface area contributed by atoms with Crippen LogP contribution in [-0.2, 0) is 29.1 Å². The zero-order valence-corrected chi connectivity index (χ0v) is 26.3. The van der Waals surface area contributed by atoms with E-state index in [4.69, 9.17) is 0 Å². The molecule has 2 amide bonds. The van der Waals surface area contributed by atoms with Crippen LogP contribution in [0.15, 0.2) is 102 Å². The van der Waals surface area contributed by atoms with Gasteiger partial charge in [-0.3, -0.25) is 19.6 Å². The zero-order valence-electron chi connectivity index (χ0n) is 25.5. The molecule has 13 nitrogen and oxygen atoms in total. The monoisotopic (exact) mass is 692 g/mol. The quantitative estimate of drug-likeness (QED) is 0.0959. The van der Waals surface area contributed by atoms with Crippen LogP contribution in [-0.4, -0.2) is 63.8 Å². The van der Waals surface area contributed by atoms with Gasteiger partial charge in [-0.1, -0.05) is 66.7 Å². The van der Waals surface area contributed by atoms with Gasteiger partial charge < -0.3 is 20.1 Å². The summed E-state index contributed by atoms with van der Waals surface area (Å²) in [5, 5.41) is 15.2. The Morgan fingerprint density at radius 3 is 1.88 bits per heavy atom. The predicted octanol–water partition coefficient (Wildman–Crippen LogP) is 4.31. The first-order chi connectivity index (χ1) is 22.7. The standard InChI is InChI=1S/C31H31F3N4O9S/c1-46-29(40)24(37-48(44,45)23-18-16-22(17-19-23)38(42)43)14-9-15-25(31(32,33)34)35-28(39)27(36-30(41)47-2)26(20-10-5-3-6-11-20)21-12-7-4-8-13-21/h3-8,10-14,16-19,25-27,37H,9,15H2,1-2H3,(H,35,39)(H,36,41)/t25-,27+/m1/s1. The lowest BCUT2D eigenvalue weighted by Crippen LogP contribution is -2.55. The minimum Gasteiger partial charge on any atom is -0.464 e. The molecule has 0 aliphatic heterocycles. The van der Waals surface area contributed by atoms with E-state index in [9.17, 15) is 46.1 Å². The van der Waals surface area contributed by atoms with Crippen molar-refractivity contribution in [3.63, 3.8) is 0 Å². The van der Waals surface area contributed by atoms with Crippen molar-refractivity contribution in [2.75, 3.05) is 14.2 Å². The molecule has 0 fully saturated rings. The Balaban J connectivity index is 1.89. The van der Waals surface area contributed by atoms with Crippen molar-refractivity contribution in [1.82, 2.24) is 15.4 Å². The number of nitrogens with one attached hydrogen (secondary N) is 3. The molecule has 3 aromatic carbocycles. The average molecular weight is 693 g/mol. The fourth-order valence-electron chi connectivity index (χ4n) is 4.59. The van der Waals surface area contributed by atoms with Crippen molar-refractivity contribution in [1.29, 1.82) is 0 Å². The van der Waals surface area contributed by atoms with Crippen molar-refractivity contribution in [2.24, 2.45) is 0 Å². The lowest BCUT2D eigenvalue weighted by atomic mass is 9.84. The molecule has 3 aromatic rings. The van der Waals surface area contributed by atoms with Crippen LogP contribution >= 0.6 is 0 Å². The number of carbonyl (C=O) groups is 3. The number of sulfonamides is 1. The van der Waals surface area contributed by atoms with Crippen LogP contribution in [0, 0.1) is 10.1 Å². The van der Waals surface area contributed by atoms with Crippen molar-refractivity contribution < 1.29 is 50.4 Å². The molecule has 3 rings (SSSR count). The number of nitro benzene ring substituents is 1. The van der Waals surface area contributed by atoms with Gasteiger partial charge in [0.1, 0.15) is 17.8 Å². The van der Waals surface area contributed by atoms with Gasteiger partial charge in [-0.15, -0.1) is 0 Å². The number of hydrogen-bond donors (Lipinski definition) is 3. The summed E-state index contributed by atoms with van der Waals surface area (Å²) in [6.45, 7) is 0. The maximum atomic E-state index is 14.3. The van der Waals surface area contributed by atoms with E-state index in [1.165, 1.54) is 0 Å². The zero-order chi connectivity index (χ0) is 35.5. The number of esters is 1. The fourth-order valence-corrected chi connectivity index (χ4v) is 5.65. The molecule has 0 spiro atoms. The average Bonchev–Trinajstić information content (AvgIpc) is 3.07. The highest BCUT2D eigenvalue weighted by atomic mass is 32.2. The number of halogens is 3. The highest BCUT2D eigenvalue weighted by molar-refractivity contribution is 7.89. The van der Waals surface area contributed by atoms with Gasteiger partial charge in [0.15, 0.2) is 0 Å². The minimum atomic E-state index is -5.02. The molecule has 3 N–H and O–H groups in total. The number of amides is 2. The molecule has 0 saturated carbocycles. The number of hydrogen-bond acceptors (Lipinski definition) is 9. The number of alkyl halides is 3. The summed E-state index contributed by atoms with van der Waals surface area (Å²) in [4.78, 5) is 47.9. The van der Waals surface area contributed by atoms with Crippen molar-refractivity contribution >= 4 is 33.7 Å². The smallest absolute Gasteiger partial charge is 0.408 e. The summed E-state index contributed by atoms with van der Waals surface area (Å²) in [5.74, 6) is -3.37. The molecule has 0 aromatic heterocycles. The van der Waals surface area contributed by atoms with E-state index in [2.05, 4.69) is 14.8 Å². The Kier molecular flexibility index (Phi) is 12.6. The van der Waals surface area contributed by atoms with Crippen LogP contribution in [0.5, 0.6) is 0 Å². The number of allylic oxidation sites excluding steroid dienone is 1. The van der Waals surface area contributed by atoms with E-state index in [0.29, 0.717) is 11.1 Å². The highest BCUT2D eigenvalue weighted by Gasteiger charge is 2.43. The number of non-ortho nitro benzene ring substituents is 1. The lowest BCUT2D eigenvalue weighted by Gasteiger charge is -2.30. The van der Waals surface area contributed by atoms with E-state index in [1.807, 2.05) is 10.0 Å². The lowest BCUT2D eigenvalue weighted by molar-refractivity contribution is -0.384. The second-order valence-electron chi connectivity index (χ2n) is 10.1. The number of ether oxygens (including phenoxy) is 2. The molecule has 0 radical (unpaired) electrons. The molecule has 0 aliphatic rings. The Labute approximate surface area is 273 Å². The molecule has 0 bridgehead atoms. The summed E-state index contributed by atoms with van der Waals surface area (Å²) in [6, 6.07) is 16.2. The Hall–Kier alpha value is -5.45. The molecular weight excluding hydrogens is 661 g/mol. The number of nitro groups is 1. The molecule has 48 heavy (non-hydrogen) atoms. The molecule has 0 saturated heterocycles. The largest absolute Gasteiger partial charge is 0.464 e. The van der Waals surface area contributed by atoms with Crippen LogP contribution in [0.1, 0.15) is 29.9 Å². The van der Waals surface area contributed by atoms with E-state index in [0.717, 1.165) is 44.6 Å². The van der Waals surface area contributed by atoms with Crippen LogP contribution in [0.4, 0.5) is 23.7 Å². The summed E-state index contributed by atoms with van der Waals surface area (Å²) >= 11 is 0. The Bertz CT molecular complexity index is 1680. The second-order valence-corrected chi connectivity index (χ2v) is 11.7. The minimum absolute atomic E-state index is 0.402. The molecule has 2 atom stereocenters. The van der Waals surface area contributed by atoms with Crippen LogP contribution in [0.2, 0.25) is 0 Å². The first kappa shape index (κ1) is 37.0. The highest BCUT2D eigenvalue weighted by Crippen LogP contribution is 2.30. The second kappa shape index (κ2) is 16.4. The summed E-state index contributed by atoms with van der Waals surface area (Å²) in [6.07, 6.45) is -6.69. The van der Waals surface area contributed by atoms with Crippen LogP contribution in [0.3, 0.4) is 0 Å². The van der Waals surface area contributed by atoms with E-state index >= 15 is 0 Å². The predicted molar refractivity (Wildman–Crippen MR) is 165 cm³/mol. The van der Waals surface area contributed by atoms with Gasteiger partial charge in [-0.2, -0.15) is 13.2 Å².